The number of furan rings is 1. The molecule has 2 heterocycles. The number of hydrogen-bond acceptors (Lipinski definition) is 5. The number of benzene rings is 1. The molecule has 1 fully saturated rings. The molecule has 1 unspecified atom stereocenters. The molecule has 2 aromatic rings. The average molecular weight is 369 g/mol. The Morgan fingerprint density at radius 3 is 2.81 bits per heavy atom. The van der Waals surface area contributed by atoms with Gasteiger partial charge in [0.1, 0.15) is 23.2 Å². The van der Waals surface area contributed by atoms with Gasteiger partial charge in [0, 0.05) is 25.7 Å². The maximum absolute atomic E-state index is 13.7. The normalized spacial score (nSPS) is 16.5. The topological polar surface area (TPSA) is 78.5 Å². The molecule has 1 atom stereocenters. The summed E-state index contributed by atoms with van der Waals surface area (Å²) in [5.41, 5.74) is 0.718. The van der Waals surface area contributed by atoms with Crippen molar-refractivity contribution in [1.29, 1.82) is 5.26 Å². The van der Waals surface area contributed by atoms with Gasteiger partial charge in [-0.1, -0.05) is 12.1 Å². The van der Waals surface area contributed by atoms with Crippen LogP contribution in [0.15, 0.2) is 52.7 Å². The molecule has 0 bridgehead atoms. The van der Waals surface area contributed by atoms with Gasteiger partial charge in [0.2, 0.25) is 0 Å². The fourth-order valence-corrected chi connectivity index (χ4v) is 3.01. The standard InChI is InChI=1S/C20H20FN3O3/c21-17-4-1-3-15(11-17)19(24-6-9-26-10-7-24)14-23-20(25)16(13-22)12-18-5-2-8-27-18/h1-5,8,11-12,19H,6-7,9-10,14H2,(H,23,25)/b16-12-. The van der Waals surface area contributed by atoms with Gasteiger partial charge in [0.05, 0.1) is 25.5 Å². The summed E-state index contributed by atoms with van der Waals surface area (Å²) < 4.78 is 24.2. The number of morpholine rings is 1. The molecule has 0 saturated carbocycles. The van der Waals surface area contributed by atoms with Crippen LogP contribution in [-0.2, 0) is 9.53 Å². The number of amides is 1. The van der Waals surface area contributed by atoms with Crippen molar-refractivity contribution in [2.75, 3.05) is 32.8 Å². The summed E-state index contributed by atoms with van der Waals surface area (Å²) in [7, 11) is 0. The molecule has 0 spiro atoms. The SMILES string of the molecule is N#C/C(=C/c1ccco1)C(=O)NCC(c1cccc(F)c1)N1CCOCC1. The molecule has 0 aliphatic carbocycles. The molecule has 6 nitrogen and oxygen atoms in total. The van der Waals surface area contributed by atoms with Crippen molar-refractivity contribution in [2.24, 2.45) is 0 Å². The van der Waals surface area contributed by atoms with E-state index in [0.717, 1.165) is 5.56 Å². The minimum atomic E-state index is -0.497. The number of nitrogens with zero attached hydrogens (tertiary/aromatic N) is 2. The van der Waals surface area contributed by atoms with Gasteiger partial charge in [0.15, 0.2) is 0 Å². The first-order valence-corrected chi connectivity index (χ1v) is 8.68. The highest BCUT2D eigenvalue weighted by atomic mass is 19.1. The van der Waals surface area contributed by atoms with E-state index in [2.05, 4.69) is 10.2 Å². The van der Waals surface area contributed by atoms with Crippen molar-refractivity contribution >= 4 is 12.0 Å². The molecular formula is C20H20FN3O3. The molecule has 1 amide bonds. The van der Waals surface area contributed by atoms with Gasteiger partial charge in [-0.15, -0.1) is 0 Å². The molecule has 1 aromatic carbocycles. The molecular weight excluding hydrogens is 349 g/mol. The van der Waals surface area contributed by atoms with Crippen LogP contribution >= 0.6 is 0 Å². The molecule has 1 saturated heterocycles. The summed E-state index contributed by atoms with van der Waals surface area (Å²) in [6.45, 7) is 2.79. The Balaban J connectivity index is 1.74. The van der Waals surface area contributed by atoms with E-state index in [0.29, 0.717) is 32.1 Å². The van der Waals surface area contributed by atoms with Crippen LogP contribution in [0.5, 0.6) is 0 Å². The van der Waals surface area contributed by atoms with E-state index in [9.17, 15) is 14.4 Å². The highest BCUT2D eigenvalue weighted by Gasteiger charge is 2.24. The summed E-state index contributed by atoms with van der Waals surface area (Å²) in [6.07, 6.45) is 2.86. The predicted molar refractivity (Wildman–Crippen MR) is 96.8 cm³/mol. The maximum Gasteiger partial charge on any atom is 0.262 e. The van der Waals surface area contributed by atoms with Crippen molar-refractivity contribution in [3.8, 4) is 6.07 Å². The number of halogens is 1. The lowest BCUT2D eigenvalue weighted by Gasteiger charge is -2.34. The fraction of sp³-hybridized carbons (Fsp3) is 0.300. The lowest BCUT2D eigenvalue weighted by atomic mass is 10.0. The van der Waals surface area contributed by atoms with Gasteiger partial charge in [-0.25, -0.2) is 4.39 Å². The molecule has 1 aliphatic rings. The van der Waals surface area contributed by atoms with Crippen molar-refractivity contribution in [1.82, 2.24) is 10.2 Å². The summed E-state index contributed by atoms with van der Waals surface area (Å²) in [6, 6.07) is 11.4. The summed E-state index contributed by atoms with van der Waals surface area (Å²) in [5.74, 6) is -0.396. The van der Waals surface area contributed by atoms with Crippen LogP contribution in [0.25, 0.3) is 6.08 Å². The Labute approximate surface area is 156 Å². The third-order valence-corrected chi connectivity index (χ3v) is 4.37. The Morgan fingerprint density at radius 2 is 2.15 bits per heavy atom. The number of nitriles is 1. The Bertz CT molecular complexity index is 836. The van der Waals surface area contributed by atoms with E-state index in [-0.39, 0.29) is 24.0 Å². The van der Waals surface area contributed by atoms with Gasteiger partial charge < -0.3 is 14.5 Å². The zero-order chi connectivity index (χ0) is 19.1. The second kappa shape index (κ2) is 9.12. The van der Waals surface area contributed by atoms with Crippen LogP contribution in [0.4, 0.5) is 4.39 Å². The van der Waals surface area contributed by atoms with Crippen LogP contribution in [0.2, 0.25) is 0 Å². The molecule has 1 aromatic heterocycles. The van der Waals surface area contributed by atoms with E-state index in [1.165, 1.54) is 24.5 Å². The summed E-state index contributed by atoms with van der Waals surface area (Å²) >= 11 is 0. The minimum absolute atomic E-state index is 0.0510. The number of carbonyl (C=O) groups excluding carboxylic acids is 1. The van der Waals surface area contributed by atoms with E-state index in [1.54, 1.807) is 18.2 Å². The smallest absolute Gasteiger partial charge is 0.262 e. The largest absolute Gasteiger partial charge is 0.465 e. The lowest BCUT2D eigenvalue weighted by Crippen LogP contribution is -2.44. The van der Waals surface area contributed by atoms with Crippen molar-refractivity contribution in [3.05, 3.63) is 65.4 Å². The van der Waals surface area contributed by atoms with E-state index in [1.807, 2.05) is 12.1 Å². The molecule has 140 valence electrons. The van der Waals surface area contributed by atoms with E-state index < -0.39 is 5.91 Å². The monoisotopic (exact) mass is 369 g/mol. The second-order valence-corrected chi connectivity index (χ2v) is 6.11. The van der Waals surface area contributed by atoms with Crippen molar-refractivity contribution in [2.45, 2.75) is 6.04 Å². The number of hydrogen-bond donors (Lipinski definition) is 1. The van der Waals surface area contributed by atoms with Crippen molar-refractivity contribution < 1.29 is 18.3 Å². The van der Waals surface area contributed by atoms with Gasteiger partial charge in [-0.2, -0.15) is 5.26 Å². The average Bonchev–Trinajstić information content (AvgIpc) is 3.20. The Hall–Kier alpha value is -2.95. The maximum atomic E-state index is 13.7. The van der Waals surface area contributed by atoms with Gasteiger partial charge in [-0.3, -0.25) is 9.69 Å². The molecule has 27 heavy (non-hydrogen) atoms. The summed E-state index contributed by atoms with van der Waals surface area (Å²) in [4.78, 5) is 14.6. The quantitative estimate of drug-likeness (QED) is 0.625. The molecule has 1 N–H and O–H groups in total. The Kier molecular flexibility index (Phi) is 6.36. The first-order valence-electron chi connectivity index (χ1n) is 8.68. The number of ether oxygens (including phenoxy) is 1. The second-order valence-electron chi connectivity index (χ2n) is 6.11. The summed E-state index contributed by atoms with van der Waals surface area (Å²) in [5, 5.41) is 12.1. The zero-order valence-electron chi connectivity index (χ0n) is 14.7. The van der Waals surface area contributed by atoms with Gasteiger partial charge in [-0.05, 0) is 29.8 Å². The first kappa shape index (κ1) is 18.8. The lowest BCUT2D eigenvalue weighted by molar-refractivity contribution is -0.117. The molecule has 3 rings (SSSR count). The zero-order valence-corrected chi connectivity index (χ0v) is 14.7. The van der Waals surface area contributed by atoms with Crippen LogP contribution < -0.4 is 5.32 Å². The van der Waals surface area contributed by atoms with Crippen LogP contribution in [0.1, 0.15) is 17.4 Å². The third-order valence-electron chi connectivity index (χ3n) is 4.37. The first-order chi connectivity index (χ1) is 13.2. The number of carbonyl (C=O) groups is 1. The number of rotatable bonds is 6. The molecule has 1 aliphatic heterocycles. The van der Waals surface area contributed by atoms with Crippen molar-refractivity contribution in [3.63, 3.8) is 0 Å². The van der Waals surface area contributed by atoms with Gasteiger partial charge >= 0.3 is 0 Å². The third kappa shape index (κ3) is 5.03. The van der Waals surface area contributed by atoms with E-state index >= 15 is 0 Å². The highest BCUT2D eigenvalue weighted by molar-refractivity contribution is 6.01. The fourth-order valence-electron chi connectivity index (χ4n) is 3.01. The Morgan fingerprint density at radius 1 is 1.33 bits per heavy atom. The highest BCUT2D eigenvalue weighted by Crippen LogP contribution is 2.22. The van der Waals surface area contributed by atoms with Crippen LogP contribution in [0.3, 0.4) is 0 Å². The van der Waals surface area contributed by atoms with Gasteiger partial charge in [0.25, 0.3) is 5.91 Å². The van der Waals surface area contributed by atoms with Crippen LogP contribution in [-0.4, -0.2) is 43.7 Å². The van der Waals surface area contributed by atoms with E-state index in [4.69, 9.17) is 9.15 Å². The van der Waals surface area contributed by atoms with Crippen LogP contribution in [0, 0.1) is 17.1 Å². The molecule has 0 radical (unpaired) electrons. The number of nitrogens with one attached hydrogen (secondary N) is 1. The predicted octanol–water partition coefficient (Wildman–Crippen LogP) is 2.52. The minimum Gasteiger partial charge on any atom is -0.465 e. The molecule has 7 heteroatoms.